The van der Waals surface area contributed by atoms with E-state index in [0.717, 1.165) is 51.6 Å². The molecule has 28 heavy (non-hydrogen) atoms. The van der Waals surface area contributed by atoms with Gasteiger partial charge in [-0.15, -0.1) is 24.0 Å². The molecule has 2 N–H and O–H groups in total. The van der Waals surface area contributed by atoms with E-state index in [0.29, 0.717) is 19.8 Å². The highest BCUT2D eigenvalue weighted by Crippen LogP contribution is 2.02. The van der Waals surface area contributed by atoms with Gasteiger partial charge in [-0.2, -0.15) is 0 Å². The van der Waals surface area contributed by atoms with Crippen LogP contribution in [0.3, 0.4) is 0 Å². The lowest BCUT2D eigenvalue weighted by molar-refractivity contribution is 0.0487. The molecule has 0 saturated carbocycles. The summed E-state index contributed by atoms with van der Waals surface area (Å²) in [5.41, 5.74) is 1.35. The first-order chi connectivity index (χ1) is 13.3. The lowest BCUT2D eigenvalue weighted by Gasteiger charge is -2.17. The van der Waals surface area contributed by atoms with Crippen LogP contribution in [0.1, 0.15) is 31.7 Å². The van der Waals surface area contributed by atoms with Crippen LogP contribution in [-0.4, -0.2) is 71.0 Å². The van der Waals surface area contributed by atoms with Gasteiger partial charge in [-0.1, -0.05) is 43.7 Å². The van der Waals surface area contributed by atoms with Gasteiger partial charge in [-0.05, 0) is 32.0 Å². The van der Waals surface area contributed by atoms with Crippen LogP contribution in [0.5, 0.6) is 0 Å². The third kappa shape index (κ3) is 15.1. The number of guanidine groups is 1. The Kier molecular flexibility index (Phi) is 18.8. The van der Waals surface area contributed by atoms with Gasteiger partial charge < -0.3 is 25.0 Å². The summed E-state index contributed by atoms with van der Waals surface area (Å²) in [6.45, 7) is 8.61. The van der Waals surface area contributed by atoms with Crippen molar-refractivity contribution in [2.45, 2.75) is 32.7 Å². The van der Waals surface area contributed by atoms with Gasteiger partial charge in [-0.3, -0.25) is 4.99 Å². The van der Waals surface area contributed by atoms with Crippen molar-refractivity contribution in [1.82, 2.24) is 15.5 Å². The number of unbranched alkanes of at least 4 members (excludes halogenated alkanes) is 1. The fraction of sp³-hybridized carbons (Fsp3) is 0.667. The third-order valence-electron chi connectivity index (χ3n) is 4.08. The molecule has 0 radical (unpaired) electrons. The fourth-order valence-corrected chi connectivity index (χ4v) is 2.56. The van der Waals surface area contributed by atoms with E-state index >= 15 is 0 Å². The second-order valence-electron chi connectivity index (χ2n) is 6.58. The number of ether oxygens (including phenoxy) is 2. The van der Waals surface area contributed by atoms with Gasteiger partial charge in [0.25, 0.3) is 0 Å². The lowest BCUT2D eigenvalue weighted by Crippen LogP contribution is -2.40. The molecule has 0 spiro atoms. The monoisotopic (exact) mass is 506 g/mol. The first kappa shape index (κ1) is 27.1. The largest absolute Gasteiger partial charge is 0.379 e. The molecule has 0 heterocycles. The van der Waals surface area contributed by atoms with E-state index in [4.69, 9.17) is 9.47 Å². The number of halogens is 1. The molecule has 0 fully saturated rings. The molecule has 6 nitrogen and oxygen atoms in total. The Bertz CT molecular complexity index is 489. The Hall–Kier alpha value is -0.900. The Morgan fingerprint density at radius 1 is 0.964 bits per heavy atom. The lowest BCUT2D eigenvalue weighted by atomic mass is 10.2. The molecule has 162 valence electrons. The predicted octanol–water partition coefficient (Wildman–Crippen LogP) is 3.12. The molecular weight excluding hydrogens is 467 g/mol. The Labute approximate surface area is 188 Å². The molecular formula is C21H39IN4O2. The summed E-state index contributed by atoms with van der Waals surface area (Å²) in [5, 5.41) is 6.61. The maximum atomic E-state index is 5.55. The summed E-state index contributed by atoms with van der Waals surface area (Å²) in [7, 11) is 3.95. The minimum atomic E-state index is 0. The van der Waals surface area contributed by atoms with Gasteiger partial charge in [0.05, 0.1) is 19.8 Å². The van der Waals surface area contributed by atoms with Crippen molar-refractivity contribution >= 4 is 29.9 Å². The Morgan fingerprint density at radius 3 is 2.32 bits per heavy atom. The van der Waals surface area contributed by atoms with Crippen LogP contribution in [0.15, 0.2) is 35.3 Å². The number of hydrogen-bond donors (Lipinski definition) is 2. The molecule has 0 aliphatic rings. The van der Waals surface area contributed by atoms with E-state index in [1.165, 1.54) is 12.0 Å². The minimum absolute atomic E-state index is 0. The Morgan fingerprint density at radius 2 is 1.64 bits per heavy atom. The predicted molar refractivity (Wildman–Crippen MR) is 129 cm³/mol. The number of nitrogens with zero attached hydrogens (tertiary/aromatic N) is 2. The molecule has 1 aromatic rings. The van der Waals surface area contributed by atoms with Crippen LogP contribution in [0.2, 0.25) is 0 Å². The smallest absolute Gasteiger partial charge is 0.191 e. The number of rotatable bonds is 15. The van der Waals surface area contributed by atoms with Crippen molar-refractivity contribution in [3.63, 3.8) is 0 Å². The molecule has 0 aromatic heterocycles. The van der Waals surface area contributed by atoms with E-state index in [1.54, 1.807) is 7.05 Å². The number of nitrogens with one attached hydrogen (secondary N) is 2. The summed E-state index contributed by atoms with van der Waals surface area (Å²) >= 11 is 0. The van der Waals surface area contributed by atoms with Crippen LogP contribution in [0, 0.1) is 0 Å². The highest BCUT2D eigenvalue weighted by atomic mass is 127. The normalized spacial score (nSPS) is 11.4. The quantitative estimate of drug-likeness (QED) is 0.166. The topological polar surface area (TPSA) is 58.1 Å². The van der Waals surface area contributed by atoms with Crippen molar-refractivity contribution in [3.8, 4) is 0 Å². The van der Waals surface area contributed by atoms with Gasteiger partial charge in [0, 0.05) is 33.3 Å². The van der Waals surface area contributed by atoms with Gasteiger partial charge in [-0.25, -0.2) is 0 Å². The number of hydrogen-bond acceptors (Lipinski definition) is 4. The molecule has 0 saturated heterocycles. The standard InChI is InChI=1S/C21H38N4O2.HI/c1-4-5-15-26-17-18-27-16-13-24-21(22-2)23-12-9-14-25(3)19-20-10-7-6-8-11-20;/h6-8,10-11H,4-5,9,12-19H2,1-3H3,(H2,22,23,24);1H. The maximum absolute atomic E-state index is 5.55. The zero-order valence-corrected chi connectivity index (χ0v) is 20.1. The zero-order valence-electron chi connectivity index (χ0n) is 17.8. The van der Waals surface area contributed by atoms with Gasteiger partial charge in [0.1, 0.15) is 0 Å². The third-order valence-corrected chi connectivity index (χ3v) is 4.08. The zero-order chi connectivity index (χ0) is 19.6. The van der Waals surface area contributed by atoms with E-state index in [1.807, 2.05) is 0 Å². The number of benzene rings is 1. The second-order valence-corrected chi connectivity index (χ2v) is 6.58. The summed E-state index contributed by atoms with van der Waals surface area (Å²) in [4.78, 5) is 6.58. The van der Waals surface area contributed by atoms with Gasteiger partial charge in [0.15, 0.2) is 5.96 Å². The van der Waals surface area contributed by atoms with Crippen molar-refractivity contribution < 1.29 is 9.47 Å². The average Bonchev–Trinajstić information content (AvgIpc) is 2.69. The molecule has 0 unspecified atom stereocenters. The van der Waals surface area contributed by atoms with Crippen molar-refractivity contribution in [2.75, 3.05) is 60.2 Å². The van der Waals surface area contributed by atoms with Crippen LogP contribution in [0.25, 0.3) is 0 Å². The maximum Gasteiger partial charge on any atom is 0.191 e. The molecule has 0 aliphatic carbocycles. The van der Waals surface area contributed by atoms with Gasteiger partial charge in [0.2, 0.25) is 0 Å². The average molecular weight is 506 g/mol. The van der Waals surface area contributed by atoms with Crippen LogP contribution in [0.4, 0.5) is 0 Å². The van der Waals surface area contributed by atoms with Gasteiger partial charge >= 0.3 is 0 Å². The summed E-state index contributed by atoms with van der Waals surface area (Å²) in [6.07, 6.45) is 3.35. The molecule has 1 rings (SSSR count). The van der Waals surface area contributed by atoms with E-state index in [-0.39, 0.29) is 24.0 Å². The SMILES string of the molecule is CCCCOCCOCCNC(=NC)NCCCN(C)Cc1ccccc1.I. The second kappa shape index (κ2) is 19.4. The summed E-state index contributed by atoms with van der Waals surface area (Å²) in [6, 6.07) is 10.6. The Balaban J connectivity index is 0.00000729. The molecule has 7 heteroatoms. The summed E-state index contributed by atoms with van der Waals surface area (Å²) in [5.74, 6) is 0.823. The first-order valence-electron chi connectivity index (χ1n) is 10.1. The van der Waals surface area contributed by atoms with E-state index in [2.05, 4.69) is 64.8 Å². The molecule has 0 aliphatic heterocycles. The molecule has 1 aromatic carbocycles. The van der Waals surface area contributed by atoms with Crippen LogP contribution >= 0.6 is 24.0 Å². The van der Waals surface area contributed by atoms with E-state index in [9.17, 15) is 0 Å². The first-order valence-corrected chi connectivity index (χ1v) is 10.1. The molecule has 0 bridgehead atoms. The minimum Gasteiger partial charge on any atom is -0.379 e. The van der Waals surface area contributed by atoms with Crippen molar-refractivity contribution in [3.05, 3.63) is 35.9 Å². The highest BCUT2D eigenvalue weighted by molar-refractivity contribution is 14.0. The number of aliphatic imine (C=N–C) groups is 1. The highest BCUT2D eigenvalue weighted by Gasteiger charge is 2.01. The van der Waals surface area contributed by atoms with Crippen molar-refractivity contribution in [1.29, 1.82) is 0 Å². The van der Waals surface area contributed by atoms with E-state index < -0.39 is 0 Å². The summed E-state index contributed by atoms with van der Waals surface area (Å²) < 4.78 is 11.0. The molecule has 0 amide bonds. The van der Waals surface area contributed by atoms with Crippen LogP contribution in [-0.2, 0) is 16.0 Å². The fourth-order valence-electron chi connectivity index (χ4n) is 2.56. The molecule has 0 atom stereocenters. The van der Waals surface area contributed by atoms with Crippen LogP contribution < -0.4 is 10.6 Å². The van der Waals surface area contributed by atoms with Crippen molar-refractivity contribution in [2.24, 2.45) is 4.99 Å².